The lowest BCUT2D eigenvalue weighted by atomic mass is 10.1. The Morgan fingerprint density at radius 1 is 1.09 bits per heavy atom. The highest BCUT2D eigenvalue weighted by Gasteiger charge is 2.23. The molecule has 2 aromatic heterocycles. The number of urea groups is 1. The number of benzene rings is 2. The van der Waals surface area contributed by atoms with E-state index in [1.807, 2.05) is 60.4 Å². The molecule has 3 heterocycles. The lowest BCUT2D eigenvalue weighted by molar-refractivity contribution is 0.208. The van der Waals surface area contributed by atoms with E-state index >= 15 is 0 Å². The quantitative estimate of drug-likeness (QED) is 0.475. The summed E-state index contributed by atoms with van der Waals surface area (Å²) in [4.78, 5) is 21.1. The number of anilines is 2. The SMILES string of the molecule is COc1cc(N2CCN(C(=O)Nc3n[nH]cc3-c3ccccc3)CC2)ccc1-n1cnc(C)n1. The van der Waals surface area contributed by atoms with Crippen LogP contribution < -0.4 is 15.0 Å². The number of aromatic nitrogens is 5. The van der Waals surface area contributed by atoms with Gasteiger partial charge < -0.3 is 14.5 Å². The van der Waals surface area contributed by atoms with Crippen molar-refractivity contribution < 1.29 is 9.53 Å². The van der Waals surface area contributed by atoms with Gasteiger partial charge in [-0.3, -0.25) is 10.4 Å². The van der Waals surface area contributed by atoms with Crippen LogP contribution in [0.1, 0.15) is 5.82 Å². The number of carbonyl (C=O) groups excluding carboxylic acids is 1. The molecular weight excluding hydrogens is 432 g/mol. The highest BCUT2D eigenvalue weighted by molar-refractivity contribution is 5.93. The normalized spacial score (nSPS) is 13.7. The first kappa shape index (κ1) is 21.5. The fourth-order valence-corrected chi connectivity index (χ4v) is 4.09. The van der Waals surface area contributed by atoms with E-state index in [1.165, 1.54) is 0 Å². The van der Waals surface area contributed by atoms with Gasteiger partial charge in [-0.1, -0.05) is 30.3 Å². The second kappa shape index (κ2) is 9.26. The van der Waals surface area contributed by atoms with E-state index < -0.39 is 0 Å². The fourth-order valence-electron chi connectivity index (χ4n) is 4.09. The first-order valence-corrected chi connectivity index (χ1v) is 11.1. The lowest BCUT2D eigenvalue weighted by Gasteiger charge is -2.36. The van der Waals surface area contributed by atoms with Gasteiger partial charge in [0, 0.05) is 49.7 Å². The Morgan fingerprint density at radius 2 is 1.88 bits per heavy atom. The van der Waals surface area contributed by atoms with E-state index in [9.17, 15) is 4.79 Å². The third-order valence-corrected chi connectivity index (χ3v) is 5.90. The fraction of sp³-hybridized carbons (Fsp3) is 0.250. The summed E-state index contributed by atoms with van der Waals surface area (Å²) in [7, 11) is 1.65. The molecule has 34 heavy (non-hydrogen) atoms. The number of nitrogens with one attached hydrogen (secondary N) is 2. The molecule has 2 aromatic carbocycles. The molecule has 1 aliphatic heterocycles. The molecule has 10 nitrogen and oxygen atoms in total. The molecule has 0 spiro atoms. The Balaban J connectivity index is 1.23. The molecule has 0 bridgehead atoms. The third-order valence-electron chi connectivity index (χ3n) is 5.90. The summed E-state index contributed by atoms with van der Waals surface area (Å²) >= 11 is 0. The molecule has 5 rings (SSSR count). The first-order valence-electron chi connectivity index (χ1n) is 11.1. The summed E-state index contributed by atoms with van der Waals surface area (Å²) in [5.41, 5.74) is 3.73. The molecule has 0 aliphatic carbocycles. The van der Waals surface area contributed by atoms with Gasteiger partial charge in [0.2, 0.25) is 0 Å². The van der Waals surface area contributed by atoms with Gasteiger partial charge in [0.15, 0.2) is 5.82 Å². The summed E-state index contributed by atoms with van der Waals surface area (Å²) < 4.78 is 7.31. The van der Waals surface area contributed by atoms with Crippen LogP contribution in [0.15, 0.2) is 61.1 Å². The number of aromatic amines is 1. The lowest BCUT2D eigenvalue weighted by Crippen LogP contribution is -2.50. The molecule has 174 valence electrons. The standard InChI is InChI=1S/C24H26N8O2/c1-17-25-16-32(29-17)21-9-8-19(14-22(21)34-2)30-10-12-31(13-11-30)24(33)27-23-20(15-26-28-23)18-6-4-3-5-7-18/h3-9,14-16H,10-13H2,1-2H3,(H2,26,27,28,33). The van der Waals surface area contributed by atoms with Gasteiger partial charge in [-0.05, 0) is 24.6 Å². The van der Waals surface area contributed by atoms with Gasteiger partial charge in [-0.2, -0.15) is 10.2 Å². The molecular formula is C24H26N8O2. The Labute approximate surface area is 197 Å². The topological polar surface area (TPSA) is 104 Å². The maximum absolute atomic E-state index is 12.9. The number of H-pyrrole nitrogens is 1. The maximum atomic E-state index is 12.9. The van der Waals surface area contributed by atoms with Crippen LogP contribution in [0.3, 0.4) is 0 Å². The smallest absolute Gasteiger partial charge is 0.323 e. The van der Waals surface area contributed by atoms with Crippen molar-refractivity contribution in [1.29, 1.82) is 0 Å². The molecule has 1 saturated heterocycles. The van der Waals surface area contributed by atoms with E-state index in [-0.39, 0.29) is 6.03 Å². The van der Waals surface area contributed by atoms with E-state index in [0.717, 1.165) is 28.3 Å². The molecule has 0 radical (unpaired) electrons. The zero-order valence-electron chi connectivity index (χ0n) is 19.1. The van der Waals surface area contributed by atoms with Gasteiger partial charge >= 0.3 is 6.03 Å². The minimum Gasteiger partial charge on any atom is -0.494 e. The number of hydrogen-bond acceptors (Lipinski definition) is 6. The van der Waals surface area contributed by atoms with Crippen LogP contribution in [0, 0.1) is 6.92 Å². The van der Waals surface area contributed by atoms with Crippen molar-refractivity contribution in [3.05, 3.63) is 66.9 Å². The van der Waals surface area contributed by atoms with Gasteiger partial charge in [-0.15, -0.1) is 0 Å². The summed E-state index contributed by atoms with van der Waals surface area (Å²) in [5, 5.41) is 14.4. The van der Waals surface area contributed by atoms with Crippen LogP contribution in [0.25, 0.3) is 16.8 Å². The summed E-state index contributed by atoms with van der Waals surface area (Å²) in [6.07, 6.45) is 3.47. The largest absolute Gasteiger partial charge is 0.494 e. The number of rotatable bonds is 5. The molecule has 0 saturated carbocycles. The van der Waals surface area contributed by atoms with E-state index in [1.54, 1.807) is 24.3 Å². The van der Waals surface area contributed by atoms with Crippen LogP contribution in [0.5, 0.6) is 5.75 Å². The Kier molecular flexibility index (Phi) is 5.86. The van der Waals surface area contributed by atoms with Crippen molar-refractivity contribution in [3.8, 4) is 22.6 Å². The Hall–Kier alpha value is -4.34. The third kappa shape index (κ3) is 4.29. The molecule has 0 atom stereocenters. The van der Waals surface area contributed by atoms with E-state index in [2.05, 4.69) is 30.5 Å². The number of amides is 2. The molecule has 10 heteroatoms. The number of hydrogen-bond donors (Lipinski definition) is 2. The Morgan fingerprint density at radius 3 is 2.59 bits per heavy atom. The minimum absolute atomic E-state index is 0.154. The number of carbonyl (C=O) groups is 1. The number of methoxy groups -OCH3 is 1. The average Bonchev–Trinajstić information content (AvgIpc) is 3.53. The number of nitrogens with zero attached hydrogens (tertiary/aromatic N) is 6. The number of aryl methyl sites for hydroxylation is 1. The first-order chi connectivity index (χ1) is 16.6. The Bertz CT molecular complexity index is 1280. The van der Waals surface area contributed by atoms with Crippen LogP contribution in [-0.4, -0.2) is 69.2 Å². The van der Waals surface area contributed by atoms with Crippen molar-refractivity contribution in [2.75, 3.05) is 43.5 Å². The van der Waals surface area contributed by atoms with E-state index in [0.29, 0.717) is 37.8 Å². The second-order valence-electron chi connectivity index (χ2n) is 8.01. The molecule has 1 fully saturated rings. The van der Waals surface area contributed by atoms with Crippen molar-refractivity contribution in [3.63, 3.8) is 0 Å². The van der Waals surface area contributed by atoms with Gasteiger partial charge in [-0.25, -0.2) is 14.5 Å². The van der Waals surface area contributed by atoms with Crippen LogP contribution in [-0.2, 0) is 0 Å². The predicted molar refractivity (Wildman–Crippen MR) is 129 cm³/mol. The predicted octanol–water partition coefficient (Wildman–Crippen LogP) is 3.33. The average molecular weight is 459 g/mol. The summed E-state index contributed by atoms with van der Waals surface area (Å²) in [6, 6.07) is 15.7. The van der Waals surface area contributed by atoms with Gasteiger partial charge in [0.1, 0.15) is 23.6 Å². The molecule has 2 N–H and O–H groups in total. The minimum atomic E-state index is -0.154. The zero-order valence-corrected chi connectivity index (χ0v) is 19.1. The van der Waals surface area contributed by atoms with Crippen molar-refractivity contribution in [2.45, 2.75) is 6.92 Å². The highest BCUT2D eigenvalue weighted by atomic mass is 16.5. The summed E-state index contributed by atoms with van der Waals surface area (Å²) in [5.74, 6) is 1.95. The van der Waals surface area contributed by atoms with E-state index in [4.69, 9.17) is 4.74 Å². The summed E-state index contributed by atoms with van der Waals surface area (Å²) in [6.45, 7) is 4.48. The maximum Gasteiger partial charge on any atom is 0.323 e. The van der Waals surface area contributed by atoms with Gasteiger partial charge in [0.05, 0.1) is 7.11 Å². The highest BCUT2D eigenvalue weighted by Crippen LogP contribution is 2.29. The van der Waals surface area contributed by atoms with Crippen molar-refractivity contribution in [1.82, 2.24) is 29.9 Å². The molecule has 0 unspecified atom stereocenters. The van der Waals surface area contributed by atoms with Crippen LogP contribution in [0.2, 0.25) is 0 Å². The molecule has 2 amide bonds. The zero-order chi connectivity index (χ0) is 23.5. The van der Waals surface area contributed by atoms with Gasteiger partial charge in [0.25, 0.3) is 0 Å². The number of piperazine rings is 1. The number of ether oxygens (including phenoxy) is 1. The van der Waals surface area contributed by atoms with Crippen molar-refractivity contribution >= 4 is 17.5 Å². The van der Waals surface area contributed by atoms with Crippen LogP contribution in [0.4, 0.5) is 16.3 Å². The van der Waals surface area contributed by atoms with Crippen molar-refractivity contribution in [2.24, 2.45) is 0 Å². The monoisotopic (exact) mass is 458 g/mol. The molecule has 1 aliphatic rings. The second-order valence-corrected chi connectivity index (χ2v) is 8.01. The molecule has 4 aromatic rings. The van der Waals surface area contributed by atoms with Crippen LogP contribution >= 0.6 is 0 Å².